The van der Waals surface area contributed by atoms with E-state index < -0.39 is 0 Å². The molecule has 0 aromatic heterocycles. The molecule has 1 saturated carbocycles. The summed E-state index contributed by atoms with van der Waals surface area (Å²) in [6.45, 7) is 3.57. The minimum Gasteiger partial charge on any atom is -0.342 e. The highest BCUT2D eigenvalue weighted by Gasteiger charge is 2.49. The smallest absolute Gasteiger partial charge is 0.228 e. The third-order valence-electron chi connectivity index (χ3n) is 4.89. The Bertz CT molecular complexity index is 609. The summed E-state index contributed by atoms with van der Waals surface area (Å²) in [6.07, 6.45) is 5.23. The minimum atomic E-state index is -0.191. The molecule has 0 bridgehead atoms. The lowest BCUT2D eigenvalue weighted by atomic mass is 10.2. The molecule has 3 rings (SSSR count). The number of nitrogens with one attached hydrogen (secondary N) is 1. The van der Waals surface area contributed by atoms with Gasteiger partial charge in [0.2, 0.25) is 11.8 Å². The van der Waals surface area contributed by atoms with Gasteiger partial charge in [-0.2, -0.15) is 0 Å². The molecule has 2 aliphatic rings. The zero-order valence-electron chi connectivity index (χ0n) is 13.5. The van der Waals surface area contributed by atoms with Crippen molar-refractivity contribution in [1.82, 2.24) is 4.90 Å². The monoisotopic (exact) mass is 334 g/mol. The van der Waals surface area contributed by atoms with E-state index in [9.17, 15) is 9.59 Å². The molecular formula is C18H23ClN2O2. The number of carbonyl (C=O) groups excluding carboxylic acids is 2. The van der Waals surface area contributed by atoms with E-state index in [0.717, 1.165) is 37.2 Å². The Morgan fingerprint density at radius 2 is 1.83 bits per heavy atom. The van der Waals surface area contributed by atoms with Gasteiger partial charge in [0, 0.05) is 23.8 Å². The lowest BCUT2D eigenvalue weighted by Gasteiger charge is -2.20. The Morgan fingerprint density at radius 3 is 2.52 bits per heavy atom. The highest BCUT2D eigenvalue weighted by atomic mass is 35.5. The average molecular weight is 335 g/mol. The zero-order chi connectivity index (χ0) is 16.4. The lowest BCUT2D eigenvalue weighted by Crippen LogP contribution is -2.34. The normalized spacial score (nSPS) is 24.0. The van der Waals surface area contributed by atoms with E-state index in [1.54, 1.807) is 6.07 Å². The average Bonchev–Trinajstić information content (AvgIpc) is 3.34. The molecule has 2 atom stereocenters. The highest BCUT2D eigenvalue weighted by Crippen LogP contribution is 2.41. The van der Waals surface area contributed by atoms with Gasteiger partial charge in [-0.15, -0.1) is 0 Å². The van der Waals surface area contributed by atoms with Crippen molar-refractivity contribution >= 4 is 29.1 Å². The SMILES string of the molecule is Cc1c(Cl)cccc1NC(=O)C1CC1C(=O)N1CCCCCC1. The third kappa shape index (κ3) is 3.69. The maximum absolute atomic E-state index is 12.5. The molecule has 1 aromatic rings. The van der Waals surface area contributed by atoms with Gasteiger partial charge in [-0.3, -0.25) is 9.59 Å². The first-order valence-corrected chi connectivity index (χ1v) is 8.80. The van der Waals surface area contributed by atoms with Crippen LogP contribution in [0.3, 0.4) is 0 Å². The van der Waals surface area contributed by atoms with Gasteiger partial charge in [-0.05, 0) is 43.9 Å². The van der Waals surface area contributed by atoms with Gasteiger partial charge in [-0.1, -0.05) is 30.5 Å². The number of rotatable bonds is 3. The molecule has 1 saturated heterocycles. The molecule has 0 spiro atoms. The fraction of sp³-hybridized carbons (Fsp3) is 0.556. The molecule has 2 fully saturated rings. The number of anilines is 1. The van der Waals surface area contributed by atoms with Gasteiger partial charge in [0.25, 0.3) is 0 Å². The number of likely N-dealkylation sites (tertiary alicyclic amines) is 1. The summed E-state index contributed by atoms with van der Waals surface area (Å²) in [4.78, 5) is 26.9. The number of halogens is 1. The molecule has 0 radical (unpaired) electrons. The third-order valence-corrected chi connectivity index (χ3v) is 5.30. The first kappa shape index (κ1) is 16.3. The molecule has 1 N–H and O–H groups in total. The summed E-state index contributed by atoms with van der Waals surface area (Å²) < 4.78 is 0. The Labute approximate surface area is 142 Å². The van der Waals surface area contributed by atoms with Crippen LogP contribution >= 0.6 is 11.6 Å². The Balaban J connectivity index is 1.58. The number of carbonyl (C=O) groups is 2. The van der Waals surface area contributed by atoms with Crippen molar-refractivity contribution in [2.75, 3.05) is 18.4 Å². The summed E-state index contributed by atoms with van der Waals surface area (Å²) in [5.41, 5.74) is 1.59. The van der Waals surface area contributed by atoms with Gasteiger partial charge >= 0.3 is 0 Å². The van der Waals surface area contributed by atoms with E-state index in [-0.39, 0.29) is 23.7 Å². The van der Waals surface area contributed by atoms with E-state index in [0.29, 0.717) is 11.4 Å². The number of hydrogen-bond acceptors (Lipinski definition) is 2. The van der Waals surface area contributed by atoms with Gasteiger partial charge < -0.3 is 10.2 Å². The second-order valence-electron chi connectivity index (χ2n) is 6.59. The van der Waals surface area contributed by atoms with Crippen LogP contribution in [-0.4, -0.2) is 29.8 Å². The van der Waals surface area contributed by atoms with Crippen LogP contribution in [-0.2, 0) is 9.59 Å². The van der Waals surface area contributed by atoms with Crippen LogP contribution < -0.4 is 5.32 Å². The standard InChI is InChI=1S/C18H23ClN2O2/c1-12-15(19)7-6-8-16(12)20-17(22)13-11-14(13)18(23)21-9-4-2-3-5-10-21/h6-8,13-14H,2-5,9-11H2,1H3,(H,20,22). The minimum absolute atomic E-state index is 0.0662. The predicted octanol–water partition coefficient (Wildman–Crippen LogP) is 3.63. The maximum Gasteiger partial charge on any atom is 0.228 e. The van der Waals surface area contributed by atoms with Crippen LogP contribution in [0.4, 0.5) is 5.69 Å². The van der Waals surface area contributed by atoms with Gasteiger partial charge in [0.15, 0.2) is 0 Å². The summed E-state index contributed by atoms with van der Waals surface area (Å²) in [7, 11) is 0. The van der Waals surface area contributed by atoms with Gasteiger partial charge in [0.1, 0.15) is 0 Å². The summed E-state index contributed by atoms with van der Waals surface area (Å²) >= 11 is 6.08. The molecule has 1 aromatic carbocycles. The van der Waals surface area contributed by atoms with Crippen LogP contribution in [0.1, 0.15) is 37.7 Å². The van der Waals surface area contributed by atoms with Crippen molar-refractivity contribution in [2.24, 2.45) is 11.8 Å². The molecule has 1 aliphatic heterocycles. The van der Waals surface area contributed by atoms with E-state index in [1.807, 2.05) is 24.0 Å². The fourth-order valence-corrected chi connectivity index (χ4v) is 3.43. The molecule has 4 nitrogen and oxygen atoms in total. The molecule has 1 aliphatic carbocycles. The van der Waals surface area contributed by atoms with Crippen LogP contribution in [0.5, 0.6) is 0 Å². The topological polar surface area (TPSA) is 49.4 Å². The van der Waals surface area contributed by atoms with Crippen LogP contribution in [0.25, 0.3) is 0 Å². The molecule has 124 valence electrons. The molecule has 5 heteroatoms. The Hall–Kier alpha value is -1.55. The lowest BCUT2D eigenvalue weighted by molar-refractivity contribution is -0.134. The van der Waals surface area contributed by atoms with Gasteiger partial charge in [0.05, 0.1) is 11.8 Å². The molecule has 1 heterocycles. The zero-order valence-corrected chi connectivity index (χ0v) is 14.2. The van der Waals surface area contributed by atoms with Crippen molar-refractivity contribution in [3.63, 3.8) is 0 Å². The maximum atomic E-state index is 12.5. The van der Waals surface area contributed by atoms with E-state index >= 15 is 0 Å². The van der Waals surface area contributed by atoms with Crippen LogP contribution in [0.2, 0.25) is 5.02 Å². The van der Waals surface area contributed by atoms with Gasteiger partial charge in [-0.25, -0.2) is 0 Å². The van der Waals surface area contributed by atoms with Crippen LogP contribution in [0, 0.1) is 18.8 Å². The van der Waals surface area contributed by atoms with E-state index in [4.69, 9.17) is 11.6 Å². The molecular weight excluding hydrogens is 312 g/mol. The van der Waals surface area contributed by atoms with E-state index in [1.165, 1.54) is 12.8 Å². The van der Waals surface area contributed by atoms with Crippen molar-refractivity contribution in [1.29, 1.82) is 0 Å². The predicted molar refractivity (Wildman–Crippen MR) is 91.5 cm³/mol. The van der Waals surface area contributed by atoms with Crippen molar-refractivity contribution in [2.45, 2.75) is 39.0 Å². The Morgan fingerprint density at radius 1 is 1.13 bits per heavy atom. The quantitative estimate of drug-likeness (QED) is 0.917. The first-order valence-electron chi connectivity index (χ1n) is 8.42. The second kappa shape index (κ2) is 6.91. The number of amides is 2. The molecule has 2 amide bonds. The highest BCUT2D eigenvalue weighted by molar-refractivity contribution is 6.31. The summed E-state index contributed by atoms with van der Waals surface area (Å²) in [6, 6.07) is 5.46. The fourth-order valence-electron chi connectivity index (χ4n) is 3.25. The molecule has 23 heavy (non-hydrogen) atoms. The number of benzene rings is 1. The molecule has 2 unspecified atom stereocenters. The van der Waals surface area contributed by atoms with Crippen LogP contribution in [0.15, 0.2) is 18.2 Å². The van der Waals surface area contributed by atoms with Crippen molar-refractivity contribution in [3.8, 4) is 0 Å². The first-order chi connectivity index (χ1) is 11.1. The number of hydrogen-bond donors (Lipinski definition) is 1. The number of nitrogens with zero attached hydrogens (tertiary/aromatic N) is 1. The second-order valence-corrected chi connectivity index (χ2v) is 7.00. The Kier molecular flexibility index (Phi) is 4.90. The summed E-state index contributed by atoms with van der Waals surface area (Å²) in [5.74, 6) is -0.227. The summed E-state index contributed by atoms with van der Waals surface area (Å²) in [5, 5.41) is 3.55. The van der Waals surface area contributed by atoms with Crippen molar-refractivity contribution < 1.29 is 9.59 Å². The van der Waals surface area contributed by atoms with Crippen molar-refractivity contribution in [3.05, 3.63) is 28.8 Å². The largest absolute Gasteiger partial charge is 0.342 e. The van der Waals surface area contributed by atoms with E-state index in [2.05, 4.69) is 5.32 Å².